The van der Waals surface area contributed by atoms with Gasteiger partial charge in [0.25, 0.3) is 0 Å². The molecule has 0 spiro atoms. The molecule has 48 heavy (non-hydrogen) atoms. The number of benzene rings is 4. The zero-order valence-electron chi connectivity index (χ0n) is 26.9. The van der Waals surface area contributed by atoms with Gasteiger partial charge >= 0.3 is 10.1 Å². The van der Waals surface area contributed by atoms with Gasteiger partial charge in [-0.15, -0.1) is 5.92 Å². The van der Waals surface area contributed by atoms with Gasteiger partial charge in [-0.3, -0.25) is 0 Å². The van der Waals surface area contributed by atoms with E-state index in [4.69, 9.17) is 18.8 Å². The van der Waals surface area contributed by atoms with E-state index in [-0.39, 0.29) is 30.5 Å². The molecule has 0 radical (unpaired) electrons. The van der Waals surface area contributed by atoms with E-state index in [0.29, 0.717) is 33.9 Å². The van der Waals surface area contributed by atoms with Gasteiger partial charge in [0, 0.05) is 28.6 Å². The lowest BCUT2D eigenvalue weighted by Crippen LogP contribution is -2.11. The zero-order valence-corrected chi connectivity index (χ0v) is 28.6. The Morgan fingerprint density at radius 3 is 2.29 bits per heavy atom. The summed E-state index contributed by atoms with van der Waals surface area (Å²) in [5.74, 6) is 12.3. The maximum atomic E-state index is 13.8. The Bertz CT molecular complexity index is 1820. The number of hydrogen-bond acceptors (Lipinski definition) is 8. The van der Waals surface area contributed by atoms with Gasteiger partial charge < -0.3 is 23.9 Å². The van der Waals surface area contributed by atoms with E-state index >= 15 is 0 Å². The van der Waals surface area contributed by atoms with Crippen molar-refractivity contribution >= 4 is 21.9 Å². The molecule has 0 heterocycles. The second kappa shape index (κ2) is 19.6. The topological polar surface area (TPSA) is 102 Å². The molecule has 0 aliphatic carbocycles. The maximum absolute atomic E-state index is 13.8. The van der Waals surface area contributed by atoms with Crippen molar-refractivity contribution in [3.8, 4) is 46.3 Å². The van der Waals surface area contributed by atoms with Crippen molar-refractivity contribution in [2.75, 3.05) is 26.4 Å². The summed E-state index contributed by atoms with van der Waals surface area (Å²) in [5, 5.41) is 19.9. The first-order valence-corrected chi connectivity index (χ1v) is 18.0. The summed E-state index contributed by atoms with van der Waals surface area (Å²) in [6.07, 6.45) is 3.74. The van der Waals surface area contributed by atoms with Crippen LogP contribution in [0.25, 0.3) is 11.1 Å². The van der Waals surface area contributed by atoms with Crippen LogP contribution in [0.5, 0.6) is 11.5 Å². The summed E-state index contributed by atoms with van der Waals surface area (Å²) < 4.78 is 44.3. The molecule has 0 fully saturated rings. The van der Waals surface area contributed by atoms with Crippen LogP contribution in [0.15, 0.2) is 112 Å². The molecule has 7 nitrogen and oxygen atoms in total. The predicted molar refractivity (Wildman–Crippen MR) is 189 cm³/mol. The number of para-hydroxylation sites is 1. The minimum atomic E-state index is -4.26. The Kier molecular flexibility index (Phi) is 14.9. The smallest absolute Gasteiger partial charge is 0.340 e. The van der Waals surface area contributed by atoms with Crippen LogP contribution in [0.1, 0.15) is 50.7 Å². The van der Waals surface area contributed by atoms with Gasteiger partial charge in [-0.25, -0.2) is 0 Å². The molecule has 0 bridgehead atoms. The molecular formula is C39H40O7S2. The minimum Gasteiger partial charge on any atom is -0.481 e. The molecule has 0 amide bonds. The number of unbranched alkanes of at least 4 members (excludes halogenated alkanes) is 4. The van der Waals surface area contributed by atoms with Crippen LogP contribution < -0.4 is 8.92 Å². The number of hydrogen-bond donors (Lipinski definition) is 2. The van der Waals surface area contributed by atoms with E-state index in [0.717, 1.165) is 37.0 Å². The fraction of sp³-hybridized carbons (Fsp3) is 0.282. The average molecular weight is 685 g/mol. The van der Waals surface area contributed by atoms with Crippen LogP contribution in [-0.4, -0.2) is 45.1 Å². The Morgan fingerprint density at radius 1 is 0.792 bits per heavy atom. The molecule has 9 heteroatoms. The van der Waals surface area contributed by atoms with E-state index in [9.17, 15) is 13.5 Å². The zero-order chi connectivity index (χ0) is 34.0. The van der Waals surface area contributed by atoms with Crippen molar-refractivity contribution in [3.63, 3.8) is 0 Å². The summed E-state index contributed by atoms with van der Waals surface area (Å²) in [6.45, 7) is 3.04. The Labute approximate surface area is 288 Å². The molecular weight excluding hydrogens is 645 g/mol. The standard InChI is InChI=1S/C39H40O7S2/c1-2-3-29-45-32-21-23-34(24-22-32)47-38-25-20-31(30-39(38)48(42,43)46-33-15-8-7-9-16-33)35-17-10-11-18-36(35)37(41)19-14-28-44-27-13-6-4-5-12-26-40/h7-11,15-18,20-25,30,37,40-41H,4-6,12-13,26-29H2,1H3. The molecule has 4 rings (SSSR count). The van der Waals surface area contributed by atoms with Gasteiger partial charge in [-0.2, -0.15) is 8.42 Å². The van der Waals surface area contributed by atoms with Crippen LogP contribution in [0.4, 0.5) is 0 Å². The van der Waals surface area contributed by atoms with Gasteiger partial charge in [-0.05, 0) is 79.4 Å². The van der Waals surface area contributed by atoms with Gasteiger partial charge in [0.2, 0.25) is 0 Å². The number of rotatable bonds is 17. The van der Waals surface area contributed by atoms with Crippen LogP contribution in [-0.2, 0) is 14.9 Å². The third-order valence-corrected chi connectivity index (χ3v) is 9.63. The van der Waals surface area contributed by atoms with Gasteiger partial charge in [0.05, 0.1) is 0 Å². The molecule has 1 unspecified atom stereocenters. The van der Waals surface area contributed by atoms with E-state index in [1.54, 1.807) is 61.5 Å². The van der Waals surface area contributed by atoms with Crippen molar-refractivity contribution in [2.45, 2.75) is 59.8 Å². The first-order valence-electron chi connectivity index (χ1n) is 15.8. The lowest BCUT2D eigenvalue weighted by Gasteiger charge is -2.16. The molecule has 4 aromatic rings. The average Bonchev–Trinajstić information content (AvgIpc) is 3.10. The fourth-order valence-corrected chi connectivity index (χ4v) is 7.00. The molecule has 0 aromatic heterocycles. The predicted octanol–water partition coefficient (Wildman–Crippen LogP) is 7.67. The molecule has 2 N–H and O–H groups in total. The first-order chi connectivity index (χ1) is 23.4. The third-order valence-electron chi connectivity index (χ3n) is 7.13. The minimum absolute atomic E-state index is 0.00691. The van der Waals surface area contributed by atoms with E-state index in [1.807, 2.05) is 42.5 Å². The van der Waals surface area contributed by atoms with Crippen molar-refractivity contribution in [2.24, 2.45) is 0 Å². The quantitative estimate of drug-likeness (QED) is 0.0664. The highest BCUT2D eigenvalue weighted by molar-refractivity contribution is 8.00. The van der Waals surface area contributed by atoms with E-state index < -0.39 is 16.2 Å². The highest BCUT2D eigenvalue weighted by atomic mass is 32.2. The molecule has 250 valence electrons. The number of ether oxygens (including phenoxy) is 2. The van der Waals surface area contributed by atoms with Crippen LogP contribution in [0.3, 0.4) is 0 Å². The van der Waals surface area contributed by atoms with Crippen LogP contribution in [0.2, 0.25) is 0 Å². The molecule has 1 atom stereocenters. The molecule has 0 saturated heterocycles. The van der Waals surface area contributed by atoms with E-state index in [2.05, 4.69) is 23.7 Å². The summed E-state index contributed by atoms with van der Waals surface area (Å²) in [5.41, 5.74) is 1.78. The monoisotopic (exact) mass is 684 g/mol. The Balaban J connectivity index is 1.56. The van der Waals surface area contributed by atoms with Crippen molar-refractivity contribution in [1.29, 1.82) is 0 Å². The largest absolute Gasteiger partial charge is 0.481 e. The Hall–Kier alpha value is -4.22. The lowest BCUT2D eigenvalue weighted by molar-refractivity contribution is 0.161. The maximum Gasteiger partial charge on any atom is 0.340 e. The molecule has 0 aliphatic rings. The highest BCUT2D eigenvalue weighted by Crippen LogP contribution is 2.38. The summed E-state index contributed by atoms with van der Waals surface area (Å²) in [6, 6.07) is 28.1. The summed E-state index contributed by atoms with van der Waals surface area (Å²) in [4.78, 5) is 1.28. The normalized spacial score (nSPS) is 11.5. The summed E-state index contributed by atoms with van der Waals surface area (Å²) >= 11 is 1.29. The second-order valence-electron chi connectivity index (χ2n) is 10.7. The second-order valence-corrected chi connectivity index (χ2v) is 13.3. The van der Waals surface area contributed by atoms with Crippen molar-refractivity contribution < 1.29 is 32.3 Å². The van der Waals surface area contributed by atoms with Crippen LogP contribution in [0, 0.1) is 23.7 Å². The lowest BCUT2D eigenvalue weighted by atomic mass is 9.96. The van der Waals surface area contributed by atoms with Gasteiger partial charge in [0.15, 0.2) is 0 Å². The first kappa shape index (κ1) is 36.6. The van der Waals surface area contributed by atoms with Crippen molar-refractivity contribution in [3.05, 3.63) is 103 Å². The number of aliphatic hydroxyl groups is 2. The van der Waals surface area contributed by atoms with Gasteiger partial charge in [0.1, 0.15) is 35.7 Å². The molecule has 0 aliphatic heterocycles. The SMILES string of the molecule is CC#CCOc1ccc(Sc2ccc(-c3ccccc3C(O)C#CCOCCCCCCCO)cc2S(=O)(=O)Oc2ccccc2)cc1. The Morgan fingerprint density at radius 2 is 1.52 bits per heavy atom. The molecule has 4 aromatic carbocycles. The van der Waals surface area contributed by atoms with Crippen molar-refractivity contribution in [1.82, 2.24) is 0 Å². The van der Waals surface area contributed by atoms with Gasteiger partial charge in [-0.1, -0.05) is 97.3 Å². The van der Waals surface area contributed by atoms with Crippen LogP contribution >= 0.6 is 11.8 Å². The molecule has 0 saturated carbocycles. The fourth-order valence-electron chi connectivity index (χ4n) is 4.71. The van der Waals surface area contributed by atoms with E-state index in [1.165, 1.54) is 11.8 Å². The highest BCUT2D eigenvalue weighted by Gasteiger charge is 2.24. The number of aliphatic hydroxyl groups excluding tert-OH is 2. The third kappa shape index (κ3) is 11.5. The summed E-state index contributed by atoms with van der Waals surface area (Å²) in [7, 11) is -4.26.